The van der Waals surface area contributed by atoms with Gasteiger partial charge in [0, 0.05) is 13.1 Å². The van der Waals surface area contributed by atoms with Crippen LogP contribution in [0, 0.1) is 11.8 Å². The standard InChI is InChI=1S/C23H24N2O2/c1-16-13-17(2)15-24(14-16)21-20(18-9-5-3-6-10-18)22(26)25(23(21)27)19-11-7-4-8-12-19/h3-12,16-17H,13-15H2,1-2H3. The highest BCUT2D eigenvalue weighted by Crippen LogP contribution is 2.37. The van der Waals surface area contributed by atoms with Crippen LogP contribution < -0.4 is 4.90 Å². The molecule has 4 heteroatoms. The van der Waals surface area contributed by atoms with Crippen molar-refractivity contribution in [1.82, 2.24) is 4.90 Å². The first kappa shape index (κ1) is 17.5. The zero-order valence-electron chi connectivity index (χ0n) is 15.8. The Balaban J connectivity index is 1.83. The molecule has 0 N–H and O–H groups in total. The lowest BCUT2D eigenvalue weighted by atomic mass is 9.91. The lowest BCUT2D eigenvalue weighted by molar-refractivity contribution is -0.120. The minimum Gasteiger partial charge on any atom is -0.366 e. The van der Waals surface area contributed by atoms with Crippen LogP contribution in [0.2, 0.25) is 0 Å². The number of rotatable bonds is 3. The second-order valence-electron chi connectivity index (χ2n) is 7.72. The van der Waals surface area contributed by atoms with E-state index in [4.69, 9.17) is 0 Å². The van der Waals surface area contributed by atoms with Gasteiger partial charge in [0.2, 0.25) is 0 Å². The number of amides is 2. The zero-order chi connectivity index (χ0) is 19.0. The van der Waals surface area contributed by atoms with Crippen LogP contribution in [0.1, 0.15) is 25.8 Å². The van der Waals surface area contributed by atoms with Gasteiger partial charge in [0.15, 0.2) is 0 Å². The Labute approximate surface area is 160 Å². The molecular formula is C23H24N2O2. The third-order valence-electron chi connectivity index (χ3n) is 5.32. The van der Waals surface area contributed by atoms with Gasteiger partial charge in [-0.25, -0.2) is 4.90 Å². The molecule has 2 unspecified atom stereocenters. The molecule has 2 aliphatic heterocycles. The fourth-order valence-corrected chi connectivity index (χ4v) is 4.33. The van der Waals surface area contributed by atoms with E-state index in [1.165, 1.54) is 4.90 Å². The molecule has 0 radical (unpaired) electrons. The quantitative estimate of drug-likeness (QED) is 0.778. The van der Waals surface area contributed by atoms with Gasteiger partial charge in [-0.1, -0.05) is 62.4 Å². The second-order valence-corrected chi connectivity index (χ2v) is 7.72. The van der Waals surface area contributed by atoms with Crippen LogP contribution in [0.25, 0.3) is 5.57 Å². The van der Waals surface area contributed by atoms with Crippen molar-refractivity contribution in [2.75, 3.05) is 18.0 Å². The number of hydrogen-bond acceptors (Lipinski definition) is 3. The molecule has 27 heavy (non-hydrogen) atoms. The SMILES string of the molecule is CC1CC(C)CN(C2=C(c3ccccc3)C(=O)N(c3ccccc3)C2=O)C1. The highest BCUT2D eigenvalue weighted by atomic mass is 16.2. The van der Waals surface area contributed by atoms with Gasteiger partial charge >= 0.3 is 0 Å². The topological polar surface area (TPSA) is 40.6 Å². The zero-order valence-corrected chi connectivity index (χ0v) is 15.8. The highest BCUT2D eigenvalue weighted by molar-refractivity contribution is 6.45. The van der Waals surface area contributed by atoms with E-state index in [-0.39, 0.29) is 11.8 Å². The first-order valence-electron chi connectivity index (χ1n) is 9.54. The van der Waals surface area contributed by atoms with Crippen molar-refractivity contribution in [3.63, 3.8) is 0 Å². The molecule has 0 bridgehead atoms. The Kier molecular flexibility index (Phi) is 4.56. The average Bonchev–Trinajstić information content (AvgIpc) is 2.93. The van der Waals surface area contributed by atoms with Gasteiger partial charge in [0.25, 0.3) is 11.8 Å². The van der Waals surface area contributed by atoms with Gasteiger partial charge in [-0.2, -0.15) is 0 Å². The third-order valence-corrected chi connectivity index (χ3v) is 5.32. The van der Waals surface area contributed by atoms with Crippen molar-refractivity contribution < 1.29 is 9.59 Å². The van der Waals surface area contributed by atoms with Crippen molar-refractivity contribution in [2.24, 2.45) is 11.8 Å². The number of imide groups is 1. The maximum atomic E-state index is 13.4. The molecule has 2 atom stereocenters. The second kappa shape index (κ2) is 7.03. The van der Waals surface area contributed by atoms with E-state index in [1.807, 2.05) is 60.7 Å². The van der Waals surface area contributed by atoms with Crippen LogP contribution in [0.4, 0.5) is 5.69 Å². The van der Waals surface area contributed by atoms with Crippen LogP contribution in [-0.4, -0.2) is 29.8 Å². The largest absolute Gasteiger partial charge is 0.366 e. The molecule has 138 valence electrons. The lowest BCUT2D eigenvalue weighted by Crippen LogP contribution is -2.41. The van der Waals surface area contributed by atoms with Crippen molar-refractivity contribution in [3.05, 3.63) is 71.9 Å². The minimum atomic E-state index is -0.238. The molecule has 2 heterocycles. The summed E-state index contributed by atoms with van der Waals surface area (Å²) < 4.78 is 0. The van der Waals surface area contributed by atoms with Crippen LogP contribution in [-0.2, 0) is 9.59 Å². The van der Waals surface area contributed by atoms with Crippen LogP contribution in [0.3, 0.4) is 0 Å². The average molecular weight is 360 g/mol. The van der Waals surface area contributed by atoms with Gasteiger partial charge in [-0.05, 0) is 36.0 Å². The fraction of sp³-hybridized carbons (Fsp3) is 0.304. The molecule has 0 aromatic heterocycles. The third kappa shape index (κ3) is 3.16. The monoisotopic (exact) mass is 360 g/mol. The summed E-state index contributed by atoms with van der Waals surface area (Å²) in [5.74, 6) is 0.531. The van der Waals surface area contributed by atoms with Crippen molar-refractivity contribution in [2.45, 2.75) is 20.3 Å². The van der Waals surface area contributed by atoms with Gasteiger partial charge in [-0.3, -0.25) is 9.59 Å². The molecule has 2 aromatic rings. The number of hydrogen-bond donors (Lipinski definition) is 0. The summed E-state index contributed by atoms with van der Waals surface area (Å²) in [5.41, 5.74) is 2.49. The van der Waals surface area contributed by atoms with E-state index in [0.29, 0.717) is 28.8 Å². The van der Waals surface area contributed by atoms with Crippen molar-refractivity contribution >= 4 is 23.1 Å². The molecule has 0 saturated carbocycles. The van der Waals surface area contributed by atoms with Crippen LogP contribution in [0.15, 0.2) is 66.4 Å². The summed E-state index contributed by atoms with van der Waals surface area (Å²) in [6, 6.07) is 18.8. The maximum absolute atomic E-state index is 13.4. The Hall–Kier alpha value is -2.88. The van der Waals surface area contributed by atoms with Crippen LogP contribution >= 0.6 is 0 Å². The number of piperidine rings is 1. The Morgan fingerprint density at radius 3 is 1.93 bits per heavy atom. The summed E-state index contributed by atoms with van der Waals surface area (Å²) >= 11 is 0. The fourth-order valence-electron chi connectivity index (χ4n) is 4.33. The highest BCUT2D eigenvalue weighted by Gasteiger charge is 2.43. The van der Waals surface area contributed by atoms with E-state index in [2.05, 4.69) is 18.7 Å². The van der Waals surface area contributed by atoms with E-state index in [1.54, 1.807) is 0 Å². The van der Waals surface area contributed by atoms with Gasteiger partial charge in [-0.15, -0.1) is 0 Å². The molecule has 4 rings (SSSR count). The van der Waals surface area contributed by atoms with Crippen molar-refractivity contribution in [3.8, 4) is 0 Å². The summed E-state index contributed by atoms with van der Waals surface area (Å²) in [6.07, 6.45) is 1.15. The summed E-state index contributed by atoms with van der Waals surface area (Å²) in [7, 11) is 0. The molecule has 0 spiro atoms. The normalized spacial score (nSPS) is 23.3. The number of likely N-dealkylation sites (tertiary alicyclic amines) is 1. The smallest absolute Gasteiger partial charge is 0.282 e. The molecule has 1 saturated heterocycles. The number of anilines is 1. The first-order chi connectivity index (χ1) is 13.1. The number of para-hydroxylation sites is 1. The number of carbonyl (C=O) groups excluding carboxylic acids is 2. The van der Waals surface area contributed by atoms with E-state index in [9.17, 15) is 9.59 Å². The summed E-state index contributed by atoms with van der Waals surface area (Å²) in [5, 5.41) is 0. The molecule has 2 aliphatic rings. The lowest BCUT2D eigenvalue weighted by Gasteiger charge is -2.37. The number of carbonyl (C=O) groups is 2. The molecule has 4 nitrogen and oxygen atoms in total. The predicted molar refractivity (Wildman–Crippen MR) is 107 cm³/mol. The Morgan fingerprint density at radius 1 is 0.778 bits per heavy atom. The first-order valence-corrected chi connectivity index (χ1v) is 9.54. The van der Waals surface area contributed by atoms with Crippen molar-refractivity contribution in [1.29, 1.82) is 0 Å². The Morgan fingerprint density at radius 2 is 1.33 bits per heavy atom. The summed E-state index contributed by atoms with van der Waals surface area (Å²) in [4.78, 5) is 30.2. The number of benzene rings is 2. The predicted octanol–water partition coefficient (Wildman–Crippen LogP) is 3.95. The minimum absolute atomic E-state index is 0.216. The van der Waals surface area contributed by atoms with E-state index >= 15 is 0 Å². The van der Waals surface area contributed by atoms with Gasteiger partial charge in [0.1, 0.15) is 5.70 Å². The number of nitrogens with zero attached hydrogens (tertiary/aromatic N) is 2. The molecule has 2 amide bonds. The van der Waals surface area contributed by atoms with E-state index in [0.717, 1.165) is 25.1 Å². The van der Waals surface area contributed by atoms with Crippen LogP contribution in [0.5, 0.6) is 0 Å². The maximum Gasteiger partial charge on any atom is 0.282 e. The Bertz CT molecular complexity index is 879. The molecule has 2 aromatic carbocycles. The van der Waals surface area contributed by atoms with Gasteiger partial charge in [0.05, 0.1) is 11.3 Å². The molecule has 0 aliphatic carbocycles. The molecule has 1 fully saturated rings. The van der Waals surface area contributed by atoms with E-state index < -0.39 is 0 Å². The molecular weight excluding hydrogens is 336 g/mol. The summed E-state index contributed by atoms with van der Waals surface area (Å²) in [6.45, 7) is 6.03. The van der Waals surface area contributed by atoms with Gasteiger partial charge < -0.3 is 4.90 Å².